The molecular weight excluding hydrogens is 440 g/mol. The maximum absolute atomic E-state index is 5.88. The number of H-pyrrole nitrogens is 1. The molecule has 5 rings (SSSR count). The van der Waals surface area contributed by atoms with E-state index in [1.54, 1.807) is 21.3 Å². The number of hydrogen-bond acceptors (Lipinski definition) is 5. The first kappa shape index (κ1) is 23.1. The van der Waals surface area contributed by atoms with E-state index in [0.717, 1.165) is 58.3 Å². The molecule has 182 valence electrons. The number of hydrogen-bond donors (Lipinski definition) is 2. The minimum atomic E-state index is -0.0145. The molecule has 0 saturated heterocycles. The third-order valence-corrected chi connectivity index (χ3v) is 6.73. The summed E-state index contributed by atoms with van der Waals surface area (Å²) in [6, 6.07) is 20.8. The molecule has 0 aliphatic carbocycles. The fourth-order valence-electron chi connectivity index (χ4n) is 5.16. The molecule has 0 fully saturated rings. The highest BCUT2D eigenvalue weighted by molar-refractivity contribution is 5.87. The largest absolute Gasteiger partial charge is 0.493 e. The quantitative estimate of drug-likeness (QED) is 0.339. The topological polar surface area (TPSA) is 64.7 Å². The minimum Gasteiger partial charge on any atom is -0.493 e. The summed E-state index contributed by atoms with van der Waals surface area (Å²) >= 11 is 0. The Kier molecular flexibility index (Phi) is 6.55. The van der Waals surface area contributed by atoms with Crippen LogP contribution >= 0.6 is 0 Å². The van der Waals surface area contributed by atoms with E-state index >= 15 is 0 Å². The van der Waals surface area contributed by atoms with E-state index in [-0.39, 0.29) is 12.0 Å². The predicted molar refractivity (Wildman–Crippen MR) is 138 cm³/mol. The standard InChI is InChI=1S/C29H32N2O4/c1-5-15-35-23-14-13-18(16-25(23)33-3)27-28-26(20-9-6-7-11-22(20)31-28)21(17-30-27)19-10-8-12-24(32-2)29(19)34-4/h6-14,16,21,27,30-31H,5,15,17H2,1-4H3/t21-,27+/m1/s1. The van der Waals surface area contributed by atoms with Crippen molar-refractivity contribution in [3.8, 4) is 23.0 Å². The first-order chi connectivity index (χ1) is 17.2. The van der Waals surface area contributed by atoms with Crippen LogP contribution in [0, 0.1) is 0 Å². The van der Waals surface area contributed by atoms with Gasteiger partial charge in [-0.2, -0.15) is 0 Å². The van der Waals surface area contributed by atoms with Crippen LogP contribution in [0.3, 0.4) is 0 Å². The number of aromatic nitrogens is 1. The molecule has 1 aliphatic rings. The van der Waals surface area contributed by atoms with E-state index in [4.69, 9.17) is 18.9 Å². The lowest BCUT2D eigenvalue weighted by Crippen LogP contribution is -2.34. The number of para-hydroxylation sites is 2. The zero-order valence-electron chi connectivity index (χ0n) is 20.7. The van der Waals surface area contributed by atoms with E-state index in [2.05, 4.69) is 59.7 Å². The molecule has 2 heterocycles. The summed E-state index contributed by atoms with van der Waals surface area (Å²) in [5.41, 5.74) is 5.77. The Morgan fingerprint density at radius 2 is 1.69 bits per heavy atom. The number of ether oxygens (including phenoxy) is 4. The van der Waals surface area contributed by atoms with Crippen LogP contribution < -0.4 is 24.3 Å². The molecular formula is C29H32N2O4. The van der Waals surface area contributed by atoms with Crippen molar-refractivity contribution in [3.05, 3.63) is 83.0 Å². The summed E-state index contributed by atoms with van der Waals surface area (Å²) in [6.45, 7) is 3.50. The molecule has 6 heteroatoms. The molecule has 6 nitrogen and oxygen atoms in total. The average Bonchev–Trinajstić information content (AvgIpc) is 3.30. The van der Waals surface area contributed by atoms with Gasteiger partial charge in [0.2, 0.25) is 0 Å². The maximum atomic E-state index is 5.88. The summed E-state index contributed by atoms with van der Waals surface area (Å²) < 4.78 is 23.0. The Bertz CT molecular complexity index is 1330. The third-order valence-electron chi connectivity index (χ3n) is 6.73. The van der Waals surface area contributed by atoms with Crippen molar-refractivity contribution in [2.45, 2.75) is 25.3 Å². The van der Waals surface area contributed by atoms with Crippen LogP contribution in [0.2, 0.25) is 0 Å². The van der Waals surface area contributed by atoms with Gasteiger partial charge < -0.3 is 29.2 Å². The van der Waals surface area contributed by atoms with Gasteiger partial charge in [-0.3, -0.25) is 0 Å². The van der Waals surface area contributed by atoms with Crippen molar-refractivity contribution >= 4 is 10.9 Å². The highest BCUT2D eigenvalue weighted by Gasteiger charge is 2.34. The monoisotopic (exact) mass is 472 g/mol. The summed E-state index contributed by atoms with van der Waals surface area (Å²) in [5.74, 6) is 3.12. The summed E-state index contributed by atoms with van der Waals surface area (Å²) in [6.07, 6.45) is 0.947. The molecule has 0 unspecified atom stereocenters. The van der Waals surface area contributed by atoms with Crippen molar-refractivity contribution in [2.75, 3.05) is 34.5 Å². The lowest BCUT2D eigenvalue weighted by atomic mass is 9.82. The van der Waals surface area contributed by atoms with E-state index in [0.29, 0.717) is 6.61 Å². The molecule has 3 aromatic carbocycles. The van der Waals surface area contributed by atoms with E-state index < -0.39 is 0 Å². The van der Waals surface area contributed by atoms with E-state index in [1.807, 2.05) is 18.2 Å². The molecule has 1 aromatic heterocycles. The van der Waals surface area contributed by atoms with Crippen LogP contribution in [0.15, 0.2) is 60.7 Å². The van der Waals surface area contributed by atoms with Crippen LogP contribution in [-0.4, -0.2) is 39.5 Å². The lowest BCUT2D eigenvalue weighted by molar-refractivity contribution is 0.294. The van der Waals surface area contributed by atoms with Gasteiger partial charge in [0.25, 0.3) is 0 Å². The van der Waals surface area contributed by atoms with Gasteiger partial charge in [0, 0.05) is 34.6 Å². The van der Waals surface area contributed by atoms with Crippen LogP contribution in [0.4, 0.5) is 0 Å². The summed E-state index contributed by atoms with van der Waals surface area (Å²) in [7, 11) is 5.06. The molecule has 4 aromatic rings. The molecule has 2 N–H and O–H groups in total. The number of nitrogens with one attached hydrogen (secondary N) is 2. The zero-order valence-corrected chi connectivity index (χ0v) is 20.7. The first-order valence-electron chi connectivity index (χ1n) is 12.1. The third kappa shape index (κ3) is 4.08. The Labute approximate surface area is 206 Å². The average molecular weight is 473 g/mol. The number of methoxy groups -OCH3 is 3. The van der Waals surface area contributed by atoms with E-state index in [1.165, 1.54) is 10.9 Å². The maximum Gasteiger partial charge on any atom is 0.164 e. The fraction of sp³-hybridized carbons (Fsp3) is 0.310. The normalized spacial score (nSPS) is 17.1. The molecule has 0 amide bonds. The van der Waals surface area contributed by atoms with Gasteiger partial charge in [0.05, 0.1) is 34.0 Å². The Hall–Kier alpha value is -3.64. The van der Waals surface area contributed by atoms with Crippen molar-refractivity contribution < 1.29 is 18.9 Å². The highest BCUT2D eigenvalue weighted by Crippen LogP contribution is 2.46. The van der Waals surface area contributed by atoms with Gasteiger partial charge in [-0.05, 0) is 41.8 Å². The second-order valence-electron chi connectivity index (χ2n) is 8.73. The zero-order chi connectivity index (χ0) is 24.4. The molecule has 0 saturated carbocycles. The molecule has 0 radical (unpaired) electrons. The number of rotatable bonds is 8. The fourth-order valence-corrected chi connectivity index (χ4v) is 5.16. The molecule has 0 spiro atoms. The van der Waals surface area contributed by atoms with Gasteiger partial charge in [0.1, 0.15) is 0 Å². The Balaban J connectivity index is 1.63. The van der Waals surface area contributed by atoms with Crippen LogP contribution in [0.1, 0.15) is 47.7 Å². The summed E-state index contributed by atoms with van der Waals surface area (Å²) in [4.78, 5) is 3.71. The molecule has 35 heavy (non-hydrogen) atoms. The lowest BCUT2D eigenvalue weighted by Gasteiger charge is -2.32. The van der Waals surface area contributed by atoms with Crippen molar-refractivity contribution in [1.82, 2.24) is 10.3 Å². The number of aromatic amines is 1. The van der Waals surface area contributed by atoms with Crippen molar-refractivity contribution in [2.24, 2.45) is 0 Å². The van der Waals surface area contributed by atoms with Gasteiger partial charge >= 0.3 is 0 Å². The van der Waals surface area contributed by atoms with Crippen molar-refractivity contribution in [1.29, 1.82) is 0 Å². The van der Waals surface area contributed by atoms with Crippen molar-refractivity contribution in [3.63, 3.8) is 0 Å². The number of fused-ring (bicyclic) bond motifs is 3. The van der Waals surface area contributed by atoms with Gasteiger partial charge in [-0.25, -0.2) is 0 Å². The first-order valence-corrected chi connectivity index (χ1v) is 12.1. The highest BCUT2D eigenvalue weighted by atomic mass is 16.5. The van der Waals surface area contributed by atoms with Gasteiger partial charge in [-0.1, -0.05) is 43.3 Å². The molecule has 0 bridgehead atoms. The van der Waals surface area contributed by atoms with Crippen LogP contribution in [0.5, 0.6) is 23.0 Å². The predicted octanol–water partition coefficient (Wildman–Crippen LogP) is 5.81. The smallest absolute Gasteiger partial charge is 0.164 e. The SMILES string of the molecule is CCCOc1ccc([C@@H]2NC[C@H](c3cccc(OC)c3OC)c3c2[nH]c2ccccc32)cc1OC. The molecule has 2 atom stereocenters. The Morgan fingerprint density at radius 3 is 2.46 bits per heavy atom. The van der Waals surface area contributed by atoms with Crippen LogP contribution in [0.25, 0.3) is 10.9 Å². The number of benzene rings is 3. The second kappa shape index (κ2) is 9.92. The van der Waals surface area contributed by atoms with E-state index in [9.17, 15) is 0 Å². The molecule has 1 aliphatic heterocycles. The summed E-state index contributed by atoms with van der Waals surface area (Å²) in [5, 5.41) is 5.00. The van der Waals surface area contributed by atoms with Crippen LogP contribution in [-0.2, 0) is 0 Å². The Morgan fingerprint density at radius 1 is 0.857 bits per heavy atom. The van der Waals surface area contributed by atoms with Gasteiger partial charge in [-0.15, -0.1) is 0 Å². The second-order valence-corrected chi connectivity index (χ2v) is 8.73. The van der Waals surface area contributed by atoms with Gasteiger partial charge in [0.15, 0.2) is 23.0 Å². The minimum absolute atomic E-state index is 0.0145.